The molecule has 0 aliphatic rings. The molecule has 1 amide bonds. The lowest BCUT2D eigenvalue weighted by atomic mass is 10.1. The molecule has 0 rings (SSSR count). The summed E-state index contributed by atoms with van der Waals surface area (Å²) in [5, 5.41) is 11.8. The number of likely N-dealkylation sites (N-methyl/N-ethyl adjacent to an activating group) is 1. The summed E-state index contributed by atoms with van der Waals surface area (Å²) in [6.45, 7) is 6.86. The molecule has 0 heterocycles. The number of nitrogens with zero attached hydrogens (tertiary/aromatic N) is 1. The van der Waals surface area contributed by atoms with Crippen LogP contribution in [0.3, 0.4) is 0 Å². The second kappa shape index (κ2) is 6.05. The van der Waals surface area contributed by atoms with Crippen LogP contribution < -0.4 is 5.32 Å². The van der Waals surface area contributed by atoms with Gasteiger partial charge in [-0.05, 0) is 27.8 Å². The molecule has 13 heavy (non-hydrogen) atoms. The van der Waals surface area contributed by atoms with E-state index < -0.39 is 6.09 Å². The van der Waals surface area contributed by atoms with Crippen molar-refractivity contribution < 1.29 is 9.90 Å². The lowest BCUT2D eigenvalue weighted by molar-refractivity contribution is 0.101. The quantitative estimate of drug-likeness (QED) is 0.741. The summed E-state index contributed by atoms with van der Waals surface area (Å²) >= 11 is 0. The maximum atomic E-state index is 10.8. The van der Waals surface area contributed by atoms with Crippen LogP contribution in [0.4, 0.5) is 4.79 Å². The molecule has 0 aromatic rings. The summed E-state index contributed by atoms with van der Waals surface area (Å²) in [6, 6.07) is 0. The van der Waals surface area contributed by atoms with Gasteiger partial charge >= 0.3 is 6.09 Å². The molecule has 0 aromatic heterocycles. The minimum Gasteiger partial charge on any atom is -0.465 e. The van der Waals surface area contributed by atoms with Gasteiger partial charge in [-0.2, -0.15) is 0 Å². The first kappa shape index (κ1) is 15.0. The van der Waals surface area contributed by atoms with E-state index in [1.54, 1.807) is 0 Å². The highest BCUT2D eigenvalue weighted by atomic mass is 35.5. The van der Waals surface area contributed by atoms with E-state index in [4.69, 9.17) is 5.11 Å². The van der Waals surface area contributed by atoms with Gasteiger partial charge in [-0.1, -0.05) is 0 Å². The normalized spacial score (nSPS) is 10.5. The van der Waals surface area contributed by atoms with Crippen molar-refractivity contribution in [3.63, 3.8) is 0 Å². The number of nitrogens with one attached hydrogen (secondary N) is 1. The van der Waals surface area contributed by atoms with Gasteiger partial charge in [0, 0.05) is 18.6 Å². The molecule has 0 spiro atoms. The molecule has 0 atom stereocenters. The highest BCUT2D eigenvalue weighted by molar-refractivity contribution is 5.85. The van der Waals surface area contributed by atoms with Crippen molar-refractivity contribution in [2.75, 3.05) is 20.1 Å². The molecule has 0 saturated carbocycles. The number of hydrogen-bond acceptors (Lipinski definition) is 2. The van der Waals surface area contributed by atoms with Crippen molar-refractivity contribution in [1.29, 1.82) is 0 Å². The Morgan fingerprint density at radius 1 is 1.46 bits per heavy atom. The highest BCUT2D eigenvalue weighted by Gasteiger charge is 2.24. The monoisotopic (exact) mass is 210 g/mol. The van der Waals surface area contributed by atoms with Crippen LogP contribution in [-0.4, -0.2) is 41.8 Å². The average Bonchev–Trinajstić information content (AvgIpc) is 1.84. The van der Waals surface area contributed by atoms with Crippen LogP contribution in [0.25, 0.3) is 0 Å². The standard InChI is InChI=1S/C8H18N2O2.ClH/c1-8(2,3)10(7(11)12)6-5-9-4;/h9H,5-6H2,1-4H3,(H,11,12);1H. The Balaban J connectivity index is 0. The first-order valence-corrected chi connectivity index (χ1v) is 4.04. The smallest absolute Gasteiger partial charge is 0.407 e. The Labute approximate surface area is 85.7 Å². The summed E-state index contributed by atoms with van der Waals surface area (Å²) in [4.78, 5) is 12.2. The summed E-state index contributed by atoms with van der Waals surface area (Å²) in [7, 11) is 1.81. The molecule has 0 aromatic carbocycles. The SMILES string of the molecule is CNCCN(C(=O)O)C(C)(C)C.Cl. The minimum atomic E-state index is -0.863. The number of amides is 1. The molecule has 0 saturated heterocycles. The fourth-order valence-corrected chi connectivity index (χ4v) is 0.942. The van der Waals surface area contributed by atoms with Crippen LogP contribution in [0.15, 0.2) is 0 Å². The Morgan fingerprint density at radius 3 is 2.15 bits per heavy atom. The molecule has 0 fully saturated rings. The molecular weight excluding hydrogens is 192 g/mol. The molecule has 0 radical (unpaired) electrons. The number of rotatable bonds is 3. The molecule has 2 N–H and O–H groups in total. The molecule has 0 aliphatic heterocycles. The topological polar surface area (TPSA) is 52.6 Å². The van der Waals surface area contributed by atoms with E-state index in [0.717, 1.165) is 0 Å². The molecular formula is C8H19ClN2O2. The average molecular weight is 211 g/mol. The molecule has 80 valence electrons. The second-order valence-corrected chi connectivity index (χ2v) is 3.71. The zero-order valence-corrected chi connectivity index (χ0v) is 9.44. The maximum Gasteiger partial charge on any atom is 0.407 e. The van der Waals surface area contributed by atoms with E-state index in [0.29, 0.717) is 13.1 Å². The third kappa shape index (κ3) is 5.71. The van der Waals surface area contributed by atoms with Crippen molar-refractivity contribution in [2.45, 2.75) is 26.3 Å². The number of carboxylic acid groups (broad SMARTS) is 1. The number of halogens is 1. The second-order valence-electron chi connectivity index (χ2n) is 3.71. The van der Waals surface area contributed by atoms with Crippen molar-refractivity contribution in [3.05, 3.63) is 0 Å². The first-order chi connectivity index (χ1) is 5.39. The van der Waals surface area contributed by atoms with Crippen LogP contribution in [-0.2, 0) is 0 Å². The fourth-order valence-electron chi connectivity index (χ4n) is 0.942. The van der Waals surface area contributed by atoms with E-state index in [1.165, 1.54) is 4.90 Å². The molecule has 0 aliphatic carbocycles. The van der Waals surface area contributed by atoms with E-state index in [2.05, 4.69) is 5.32 Å². The van der Waals surface area contributed by atoms with E-state index in [-0.39, 0.29) is 17.9 Å². The van der Waals surface area contributed by atoms with Crippen LogP contribution >= 0.6 is 12.4 Å². The zero-order valence-electron chi connectivity index (χ0n) is 8.63. The first-order valence-electron chi connectivity index (χ1n) is 4.04. The fraction of sp³-hybridized carbons (Fsp3) is 0.875. The lowest BCUT2D eigenvalue weighted by Gasteiger charge is -2.33. The summed E-state index contributed by atoms with van der Waals surface area (Å²) in [6.07, 6.45) is -0.863. The summed E-state index contributed by atoms with van der Waals surface area (Å²) < 4.78 is 0. The van der Waals surface area contributed by atoms with Crippen LogP contribution in [0.1, 0.15) is 20.8 Å². The van der Waals surface area contributed by atoms with Gasteiger partial charge in [0.25, 0.3) is 0 Å². The van der Waals surface area contributed by atoms with Crippen molar-refractivity contribution in [1.82, 2.24) is 10.2 Å². The van der Waals surface area contributed by atoms with Crippen LogP contribution in [0, 0.1) is 0 Å². The van der Waals surface area contributed by atoms with E-state index in [9.17, 15) is 4.79 Å². The Kier molecular flexibility index (Phi) is 6.98. The number of carbonyl (C=O) groups is 1. The van der Waals surface area contributed by atoms with Gasteiger partial charge in [-0.3, -0.25) is 0 Å². The predicted molar refractivity (Wildman–Crippen MR) is 55.7 cm³/mol. The lowest BCUT2D eigenvalue weighted by Crippen LogP contribution is -2.47. The third-order valence-corrected chi connectivity index (χ3v) is 1.63. The van der Waals surface area contributed by atoms with Gasteiger partial charge in [0.1, 0.15) is 0 Å². The van der Waals surface area contributed by atoms with Gasteiger partial charge in [0.05, 0.1) is 0 Å². The molecule has 5 heteroatoms. The van der Waals surface area contributed by atoms with Crippen molar-refractivity contribution in [2.24, 2.45) is 0 Å². The van der Waals surface area contributed by atoms with Gasteiger partial charge in [0.15, 0.2) is 0 Å². The van der Waals surface area contributed by atoms with Crippen LogP contribution in [0.2, 0.25) is 0 Å². The van der Waals surface area contributed by atoms with Crippen molar-refractivity contribution >= 4 is 18.5 Å². The van der Waals surface area contributed by atoms with Gasteiger partial charge < -0.3 is 15.3 Å². The summed E-state index contributed by atoms with van der Waals surface area (Å²) in [5.41, 5.74) is -0.317. The van der Waals surface area contributed by atoms with Crippen molar-refractivity contribution in [3.8, 4) is 0 Å². The van der Waals surface area contributed by atoms with Gasteiger partial charge in [-0.15, -0.1) is 12.4 Å². The number of hydrogen-bond donors (Lipinski definition) is 2. The predicted octanol–water partition coefficient (Wildman–Crippen LogP) is 1.41. The van der Waals surface area contributed by atoms with E-state index >= 15 is 0 Å². The van der Waals surface area contributed by atoms with Crippen LogP contribution in [0.5, 0.6) is 0 Å². The molecule has 0 bridgehead atoms. The Bertz CT molecular complexity index is 157. The Morgan fingerprint density at radius 2 is 1.92 bits per heavy atom. The molecule has 4 nitrogen and oxygen atoms in total. The Hall–Kier alpha value is -0.480. The maximum absolute atomic E-state index is 10.8. The summed E-state index contributed by atoms with van der Waals surface area (Å²) in [5.74, 6) is 0. The van der Waals surface area contributed by atoms with Gasteiger partial charge in [-0.25, -0.2) is 4.79 Å². The largest absolute Gasteiger partial charge is 0.465 e. The zero-order chi connectivity index (χ0) is 9.78. The third-order valence-electron chi connectivity index (χ3n) is 1.63. The van der Waals surface area contributed by atoms with E-state index in [1.807, 2.05) is 27.8 Å². The minimum absolute atomic E-state index is 0. The van der Waals surface area contributed by atoms with Gasteiger partial charge in [0.2, 0.25) is 0 Å². The molecule has 0 unspecified atom stereocenters. The highest BCUT2D eigenvalue weighted by Crippen LogP contribution is 2.12.